The van der Waals surface area contributed by atoms with Gasteiger partial charge in [0.25, 0.3) is 0 Å². The number of benzene rings is 2. The van der Waals surface area contributed by atoms with Crippen molar-refractivity contribution in [2.24, 2.45) is 0 Å². The molecule has 0 atom stereocenters. The van der Waals surface area contributed by atoms with Gasteiger partial charge >= 0.3 is 0 Å². The molecule has 0 spiro atoms. The molecule has 0 aliphatic carbocycles. The fourth-order valence-electron chi connectivity index (χ4n) is 1.45. The van der Waals surface area contributed by atoms with E-state index in [1.54, 1.807) is 0 Å². The van der Waals surface area contributed by atoms with Gasteiger partial charge in [0.1, 0.15) is 12.4 Å². The molecule has 2 aromatic carbocycles. The van der Waals surface area contributed by atoms with Crippen molar-refractivity contribution in [2.75, 3.05) is 5.73 Å². The van der Waals surface area contributed by atoms with Gasteiger partial charge in [-0.05, 0) is 24.3 Å². The van der Waals surface area contributed by atoms with Crippen LogP contribution in [0.25, 0.3) is 0 Å². The molecule has 2 aromatic rings. The van der Waals surface area contributed by atoms with Crippen molar-refractivity contribution in [3.63, 3.8) is 0 Å². The van der Waals surface area contributed by atoms with Crippen molar-refractivity contribution in [3.05, 3.63) is 59.4 Å². The fraction of sp³-hybridized carbons (Fsp3) is 0.0769. The Morgan fingerprint density at radius 1 is 0.944 bits per heavy atom. The van der Waals surface area contributed by atoms with E-state index in [1.807, 2.05) is 0 Å². The summed E-state index contributed by atoms with van der Waals surface area (Å²) in [4.78, 5) is 0. The van der Waals surface area contributed by atoms with E-state index in [-0.39, 0.29) is 17.9 Å². The number of halogens is 3. The number of hydrogen-bond acceptors (Lipinski definition) is 2. The zero-order valence-electron chi connectivity index (χ0n) is 9.29. The Hall–Kier alpha value is -2.17. The van der Waals surface area contributed by atoms with Crippen LogP contribution < -0.4 is 10.5 Å². The minimum Gasteiger partial charge on any atom is -0.483 e. The van der Waals surface area contributed by atoms with Crippen LogP contribution in [0.15, 0.2) is 36.4 Å². The van der Waals surface area contributed by atoms with E-state index in [9.17, 15) is 13.2 Å². The fourth-order valence-corrected chi connectivity index (χ4v) is 1.45. The molecule has 2 rings (SSSR count). The van der Waals surface area contributed by atoms with E-state index < -0.39 is 23.2 Å². The topological polar surface area (TPSA) is 35.2 Å². The maximum Gasteiger partial charge on any atom is 0.191 e. The molecule has 0 amide bonds. The molecule has 0 heterocycles. The second kappa shape index (κ2) is 5.00. The Balaban J connectivity index is 2.16. The monoisotopic (exact) mass is 253 g/mol. The van der Waals surface area contributed by atoms with Crippen LogP contribution in [-0.2, 0) is 6.61 Å². The van der Waals surface area contributed by atoms with Crippen molar-refractivity contribution in [3.8, 4) is 5.75 Å². The number of hydrogen-bond donors (Lipinski definition) is 1. The predicted octanol–water partition coefficient (Wildman–Crippen LogP) is 3.27. The molecule has 0 saturated carbocycles. The van der Waals surface area contributed by atoms with Gasteiger partial charge in [-0.3, -0.25) is 0 Å². The summed E-state index contributed by atoms with van der Waals surface area (Å²) in [5.74, 6) is -2.75. The van der Waals surface area contributed by atoms with Gasteiger partial charge in [-0.25, -0.2) is 13.2 Å². The quantitative estimate of drug-likeness (QED) is 0.852. The number of anilines is 1. The lowest BCUT2D eigenvalue weighted by molar-refractivity contribution is 0.269. The smallest absolute Gasteiger partial charge is 0.191 e. The van der Waals surface area contributed by atoms with Gasteiger partial charge in [0.2, 0.25) is 0 Å². The summed E-state index contributed by atoms with van der Waals surface area (Å²) in [7, 11) is 0. The highest BCUT2D eigenvalue weighted by atomic mass is 19.1. The molecule has 0 saturated heterocycles. The lowest BCUT2D eigenvalue weighted by Crippen LogP contribution is -2.02. The van der Waals surface area contributed by atoms with Crippen LogP contribution in [0.4, 0.5) is 18.9 Å². The standard InChI is InChI=1S/C13H10F3NO/c14-10-2-1-3-11(15)13(10)18-7-8-4-5-9(17)6-12(8)16/h1-6H,7,17H2. The molecule has 0 aromatic heterocycles. The van der Waals surface area contributed by atoms with Crippen molar-refractivity contribution in [1.82, 2.24) is 0 Å². The number of para-hydroxylation sites is 1. The average molecular weight is 253 g/mol. The summed E-state index contributed by atoms with van der Waals surface area (Å²) in [5, 5.41) is 0. The largest absolute Gasteiger partial charge is 0.483 e. The Morgan fingerprint density at radius 3 is 2.22 bits per heavy atom. The number of rotatable bonds is 3. The Bertz CT molecular complexity index is 552. The third-order valence-electron chi connectivity index (χ3n) is 2.37. The van der Waals surface area contributed by atoms with Gasteiger partial charge in [0.15, 0.2) is 17.4 Å². The number of nitrogens with two attached hydrogens (primary N) is 1. The molecule has 0 bridgehead atoms. The third kappa shape index (κ3) is 2.56. The van der Waals surface area contributed by atoms with E-state index in [0.29, 0.717) is 0 Å². The van der Waals surface area contributed by atoms with Gasteiger partial charge in [0, 0.05) is 11.3 Å². The Kier molecular flexibility index (Phi) is 3.41. The van der Waals surface area contributed by atoms with E-state index >= 15 is 0 Å². The van der Waals surface area contributed by atoms with Gasteiger partial charge in [-0.15, -0.1) is 0 Å². The average Bonchev–Trinajstić information content (AvgIpc) is 2.31. The minimum atomic E-state index is -0.828. The van der Waals surface area contributed by atoms with Crippen LogP contribution in [0.1, 0.15) is 5.56 Å². The molecular weight excluding hydrogens is 243 g/mol. The van der Waals surface area contributed by atoms with Gasteiger partial charge in [-0.2, -0.15) is 0 Å². The second-order valence-electron chi connectivity index (χ2n) is 3.69. The molecule has 0 radical (unpaired) electrons. The van der Waals surface area contributed by atoms with Crippen LogP contribution in [0.5, 0.6) is 5.75 Å². The zero-order valence-corrected chi connectivity index (χ0v) is 9.29. The predicted molar refractivity (Wildman–Crippen MR) is 61.5 cm³/mol. The molecule has 5 heteroatoms. The highest BCUT2D eigenvalue weighted by molar-refractivity contribution is 5.40. The molecular formula is C13H10F3NO. The van der Waals surface area contributed by atoms with E-state index in [4.69, 9.17) is 10.5 Å². The molecule has 2 nitrogen and oxygen atoms in total. The third-order valence-corrected chi connectivity index (χ3v) is 2.37. The summed E-state index contributed by atoms with van der Waals surface area (Å²) >= 11 is 0. The summed E-state index contributed by atoms with van der Waals surface area (Å²) in [6.07, 6.45) is 0. The van der Waals surface area contributed by atoms with E-state index in [2.05, 4.69) is 0 Å². The number of ether oxygens (including phenoxy) is 1. The van der Waals surface area contributed by atoms with Crippen LogP contribution in [-0.4, -0.2) is 0 Å². The van der Waals surface area contributed by atoms with Crippen molar-refractivity contribution in [1.29, 1.82) is 0 Å². The van der Waals surface area contributed by atoms with E-state index in [0.717, 1.165) is 18.2 Å². The van der Waals surface area contributed by atoms with Crippen LogP contribution in [0, 0.1) is 17.5 Å². The lowest BCUT2D eigenvalue weighted by atomic mass is 10.2. The zero-order chi connectivity index (χ0) is 13.1. The molecule has 0 fully saturated rings. The molecule has 0 unspecified atom stereocenters. The Labute approximate surface area is 102 Å². The first-order valence-corrected chi connectivity index (χ1v) is 5.18. The molecule has 0 aliphatic heterocycles. The molecule has 0 aliphatic rings. The normalized spacial score (nSPS) is 10.4. The summed E-state index contributed by atoms with van der Waals surface area (Å²) in [6.45, 7) is -0.274. The van der Waals surface area contributed by atoms with Gasteiger partial charge < -0.3 is 10.5 Å². The minimum absolute atomic E-state index is 0.173. The first-order valence-electron chi connectivity index (χ1n) is 5.18. The Morgan fingerprint density at radius 2 is 1.61 bits per heavy atom. The van der Waals surface area contributed by atoms with Gasteiger partial charge in [0.05, 0.1) is 0 Å². The second-order valence-corrected chi connectivity index (χ2v) is 3.69. The number of nitrogen functional groups attached to an aromatic ring is 1. The van der Waals surface area contributed by atoms with Gasteiger partial charge in [-0.1, -0.05) is 12.1 Å². The highest BCUT2D eigenvalue weighted by Crippen LogP contribution is 2.22. The van der Waals surface area contributed by atoms with E-state index in [1.165, 1.54) is 18.2 Å². The van der Waals surface area contributed by atoms with Crippen LogP contribution in [0.3, 0.4) is 0 Å². The van der Waals surface area contributed by atoms with Crippen molar-refractivity contribution in [2.45, 2.75) is 6.61 Å². The van der Waals surface area contributed by atoms with Crippen molar-refractivity contribution < 1.29 is 17.9 Å². The maximum absolute atomic E-state index is 13.4. The first-order chi connectivity index (χ1) is 8.58. The van der Waals surface area contributed by atoms with Crippen molar-refractivity contribution >= 4 is 5.69 Å². The highest BCUT2D eigenvalue weighted by Gasteiger charge is 2.11. The molecule has 2 N–H and O–H groups in total. The lowest BCUT2D eigenvalue weighted by Gasteiger charge is -2.09. The summed E-state index contributed by atoms with van der Waals surface area (Å²) < 4.78 is 44.8. The first kappa shape index (κ1) is 12.3. The maximum atomic E-state index is 13.4. The summed E-state index contributed by atoms with van der Waals surface area (Å²) in [6, 6.07) is 7.37. The molecule has 94 valence electrons. The molecule has 18 heavy (non-hydrogen) atoms. The van der Waals surface area contributed by atoms with Crippen LogP contribution >= 0.6 is 0 Å². The van der Waals surface area contributed by atoms with Crippen LogP contribution in [0.2, 0.25) is 0 Å². The summed E-state index contributed by atoms with van der Waals surface area (Å²) in [5.41, 5.74) is 5.83. The SMILES string of the molecule is Nc1ccc(COc2c(F)cccc2F)c(F)c1.